The monoisotopic (exact) mass is 459 g/mol. The maximum absolute atomic E-state index is 13.7. The van der Waals surface area contributed by atoms with Crippen LogP contribution in [0.25, 0.3) is 5.76 Å². The first-order valence-corrected chi connectivity index (χ1v) is 10.4. The number of aromatic hydroxyl groups is 1. The zero-order valence-electron chi connectivity index (χ0n) is 18.1. The predicted octanol–water partition coefficient (Wildman–Crippen LogP) is -0.0582. The molecule has 1 aromatic rings. The van der Waals surface area contributed by atoms with Gasteiger partial charge in [-0.25, -0.2) is 0 Å². The molecule has 10 nitrogen and oxygen atoms in total. The summed E-state index contributed by atoms with van der Waals surface area (Å²) in [6.45, 7) is 4.40. The van der Waals surface area contributed by atoms with Gasteiger partial charge in [0.2, 0.25) is 5.78 Å². The number of carbonyl (C=O) groups excluding carboxylic acids is 3. The molecule has 3 aliphatic carbocycles. The minimum absolute atomic E-state index is 0.0202. The van der Waals surface area contributed by atoms with Gasteiger partial charge < -0.3 is 36.4 Å². The zero-order chi connectivity index (χ0) is 24.8. The molecule has 1 saturated carbocycles. The van der Waals surface area contributed by atoms with Crippen LogP contribution >= 0.6 is 0 Å². The number of rotatable bonds is 2. The molecule has 0 saturated heterocycles. The van der Waals surface area contributed by atoms with Crippen LogP contribution < -0.4 is 5.73 Å². The van der Waals surface area contributed by atoms with Gasteiger partial charge in [-0.3, -0.25) is 14.4 Å². The molecule has 176 valence electrons. The van der Waals surface area contributed by atoms with E-state index in [2.05, 4.69) is 0 Å². The lowest BCUT2D eigenvalue weighted by atomic mass is 9.51. The number of benzene rings is 1. The van der Waals surface area contributed by atoms with E-state index in [4.69, 9.17) is 5.73 Å². The predicted molar refractivity (Wildman–Crippen MR) is 112 cm³/mol. The summed E-state index contributed by atoms with van der Waals surface area (Å²) >= 11 is 0. The first-order chi connectivity index (χ1) is 15.2. The van der Waals surface area contributed by atoms with E-state index in [1.807, 2.05) is 0 Å². The Bertz CT molecular complexity index is 1180. The zero-order valence-corrected chi connectivity index (χ0v) is 18.1. The van der Waals surface area contributed by atoms with E-state index in [1.54, 1.807) is 13.8 Å². The van der Waals surface area contributed by atoms with Gasteiger partial charge in [-0.2, -0.15) is 0 Å². The molecule has 8 N–H and O–H groups in total. The van der Waals surface area contributed by atoms with Crippen LogP contribution in [0.1, 0.15) is 31.9 Å². The molecule has 3 aliphatic rings. The van der Waals surface area contributed by atoms with Gasteiger partial charge in [-0.15, -0.1) is 0 Å². The Balaban J connectivity index is 2.11. The second-order valence-electron chi connectivity index (χ2n) is 9.42. The average molecular weight is 459 g/mol. The second-order valence-corrected chi connectivity index (χ2v) is 9.42. The number of primary amides is 1. The van der Waals surface area contributed by atoms with Crippen LogP contribution in [0.3, 0.4) is 0 Å². The van der Waals surface area contributed by atoms with Gasteiger partial charge in [0.15, 0.2) is 11.4 Å². The summed E-state index contributed by atoms with van der Waals surface area (Å²) in [6, 6.07) is 4.02. The van der Waals surface area contributed by atoms with Crippen LogP contribution in [-0.4, -0.2) is 59.8 Å². The summed E-state index contributed by atoms with van der Waals surface area (Å²) in [5.41, 5.74) is -1.61. The van der Waals surface area contributed by atoms with Crippen LogP contribution in [0.2, 0.25) is 0 Å². The van der Waals surface area contributed by atoms with Crippen molar-refractivity contribution in [1.82, 2.24) is 0 Å². The van der Waals surface area contributed by atoms with Gasteiger partial charge in [0.25, 0.3) is 5.91 Å². The minimum atomic E-state index is -2.98. The fraction of sp³-hybridized carbons (Fsp3) is 0.435. The highest BCUT2D eigenvalue weighted by Crippen LogP contribution is 2.58. The van der Waals surface area contributed by atoms with Gasteiger partial charge in [0.1, 0.15) is 22.8 Å². The first-order valence-electron chi connectivity index (χ1n) is 10.4. The summed E-state index contributed by atoms with van der Waals surface area (Å²) in [4.78, 5) is 38.8. The summed E-state index contributed by atoms with van der Waals surface area (Å²) < 4.78 is 0. The molecule has 33 heavy (non-hydrogen) atoms. The lowest BCUT2D eigenvalue weighted by Crippen LogP contribution is -2.69. The standard InChI is InChI=1S/C23H25NO9/c1-7(2)10-15-18(28)14-12(17(27)11-8(22(14,3)32)5-4-6-9(11)25)19(29)23(15,33)20(30)13(16(10)26)21(24)31/h4-7,10,14-15,18,25,27-28,30,32-33H,1-3H3,(H2,24,31)/t10-,14+,15+,18-,22+,23-/m1/s1. The number of fused-ring (bicyclic) bond motifs is 3. The molecule has 4 rings (SSSR count). The van der Waals surface area contributed by atoms with Crippen LogP contribution in [0.15, 0.2) is 35.1 Å². The molecular formula is C23H25NO9. The van der Waals surface area contributed by atoms with Gasteiger partial charge in [-0.05, 0) is 24.5 Å². The largest absolute Gasteiger partial charge is 0.508 e. The number of phenolic OH excluding ortho intramolecular Hbond substituents is 1. The number of carbonyl (C=O) groups is 3. The number of ketones is 2. The van der Waals surface area contributed by atoms with Crippen LogP contribution in [0.4, 0.5) is 0 Å². The average Bonchev–Trinajstić information content (AvgIpc) is 2.70. The lowest BCUT2D eigenvalue weighted by molar-refractivity contribution is -0.183. The van der Waals surface area contributed by atoms with Crippen molar-refractivity contribution in [2.75, 3.05) is 0 Å². The summed E-state index contributed by atoms with van der Waals surface area (Å²) in [7, 11) is 0. The van der Waals surface area contributed by atoms with E-state index >= 15 is 0 Å². The number of amides is 1. The van der Waals surface area contributed by atoms with Crippen LogP contribution in [-0.2, 0) is 20.0 Å². The smallest absolute Gasteiger partial charge is 0.255 e. The molecule has 6 atom stereocenters. The van der Waals surface area contributed by atoms with Crippen molar-refractivity contribution in [2.24, 2.45) is 29.4 Å². The van der Waals surface area contributed by atoms with E-state index in [-0.39, 0.29) is 11.1 Å². The summed E-state index contributed by atoms with van der Waals surface area (Å²) in [5.74, 6) is -11.3. The molecule has 0 radical (unpaired) electrons. The van der Waals surface area contributed by atoms with E-state index in [0.29, 0.717) is 0 Å². The molecule has 0 bridgehead atoms. The quantitative estimate of drug-likeness (QED) is 0.296. The van der Waals surface area contributed by atoms with E-state index in [9.17, 15) is 45.0 Å². The molecule has 0 heterocycles. The molecule has 0 spiro atoms. The summed E-state index contributed by atoms with van der Waals surface area (Å²) in [6.07, 6.45) is -1.83. The van der Waals surface area contributed by atoms with E-state index < -0.39 is 86.9 Å². The molecular weight excluding hydrogens is 434 g/mol. The van der Waals surface area contributed by atoms with Crippen molar-refractivity contribution in [3.63, 3.8) is 0 Å². The number of phenols is 1. The molecule has 0 aromatic heterocycles. The number of hydrogen-bond acceptors (Lipinski definition) is 9. The minimum Gasteiger partial charge on any atom is -0.508 e. The third kappa shape index (κ3) is 2.62. The van der Waals surface area contributed by atoms with Crippen molar-refractivity contribution in [3.8, 4) is 5.75 Å². The Morgan fingerprint density at radius 1 is 1.12 bits per heavy atom. The number of Topliss-reactive ketones (excluding diaryl/α,β-unsaturated/α-hetero) is 2. The Hall–Kier alpha value is -3.21. The normalized spacial score (nSPS) is 36.0. The fourth-order valence-corrected chi connectivity index (χ4v) is 5.83. The third-order valence-electron chi connectivity index (χ3n) is 7.28. The Morgan fingerprint density at radius 3 is 2.27 bits per heavy atom. The van der Waals surface area contributed by atoms with E-state index in [0.717, 1.165) is 0 Å². The number of aliphatic hydroxyl groups excluding tert-OH is 3. The highest BCUT2D eigenvalue weighted by Gasteiger charge is 2.69. The number of hydrogen-bond donors (Lipinski definition) is 7. The van der Waals surface area contributed by atoms with Gasteiger partial charge in [-0.1, -0.05) is 26.0 Å². The maximum atomic E-state index is 13.7. The molecule has 0 aliphatic heterocycles. The Morgan fingerprint density at radius 2 is 1.73 bits per heavy atom. The van der Waals surface area contributed by atoms with Crippen LogP contribution in [0, 0.1) is 23.7 Å². The van der Waals surface area contributed by atoms with E-state index in [1.165, 1.54) is 25.1 Å². The lowest BCUT2D eigenvalue weighted by Gasteiger charge is -2.55. The first kappa shape index (κ1) is 23.0. The van der Waals surface area contributed by atoms with Crippen LogP contribution in [0.5, 0.6) is 5.75 Å². The highest BCUT2D eigenvalue weighted by molar-refractivity contribution is 6.23. The topological polar surface area (TPSA) is 199 Å². The van der Waals surface area contributed by atoms with Gasteiger partial charge >= 0.3 is 0 Å². The van der Waals surface area contributed by atoms with Gasteiger partial charge in [0.05, 0.1) is 28.8 Å². The fourth-order valence-electron chi connectivity index (χ4n) is 5.83. The van der Waals surface area contributed by atoms with Crippen molar-refractivity contribution >= 4 is 23.2 Å². The SMILES string of the molecule is CC(C)[C@H]1C(=O)C(C(N)=O)=C(O)[C@]2(O)C(=O)C3=C(O)c4c(O)cccc4[C@](C)(O)[C@@H]3[C@@H](O)[C@H]12. The molecule has 1 fully saturated rings. The van der Waals surface area contributed by atoms with Gasteiger partial charge in [0, 0.05) is 11.8 Å². The molecule has 1 aromatic carbocycles. The molecule has 10 heteroatoms. The second kappa shape index (κ2) is 6.89. The summed E-state index contributed by atoms with van der Waals surface area (Å²) in [5, 5.41) is 66.4. The highest BCUT2D eigenvalue weighted by atomic mass is 16.4. The van der Waals surface area contributed by atoms with Crippen molar-refractivity contribution in [1.29, 1.82) is 0 Å². The molecule has 1 amide bonds. The Labute approximate surface area is 188 Å². The van der Waals surface area contributed by atoms with Crippen molar-refractivity contribution in [3.05, 3.63) is 46.2 Å². The number of aliphatic hydroxyl groups is 5. The van der Waals surface area contributed by atoms with Crippen molar-refractivity contribution in [2.45, 2.75) is 38.1 Å². The molecule has 0 unspecified atom stereocenters. The third-order valence-corrected chi connectivity index (χ3v) is 7.28. The Kier molecular flexibility index (Phi) is 4.80. The number of nitrogens with two attached hydrogens (primary N) is 1. The van der Waals surface area contributed by atoms with Crippen molar-refractivity contribution < 1.29 is 45.0 Å². The maximum Gasteiger partial charge on any atom is 0.255 e.